The Balaban J connectivity index is 1.67. The number of halogens is 1. The molecule has 5 heteroatoms. The minimum Gasteiger partial charge on any atom is -0.302 e. The minimum absolute atomic E-state index is 0.774. The molecule has 128 valence electrons. The van der Waals surface area contributed by atoms with Gasteiger partial charge >= 0.3 is 0 Å². The van der Waals surface area contributed by atoms with Crippen LogP contribution in [0, 0.1) is 5.92 Å². The highest BCUT2D eigenvalue weighted by molar-refractivity contribution is 9.10. The molecule has 1 aliphatic rings. The summed E-state index contributed by atoms with van der Waals surface area (Å²) in [6, 6.07) is 8.46. The number of nitrogens with zero attached hydrogens (tertiary/aromatic N) is 3. The van der Waals surface area contributed by atoms with Crippen molar-refractivity contribution < 1.29 is 0 Å². The Morgan fingerprint density at radius 3 is 2.62 bits per heavy atom. The van der Waals surface area contributed by atoms with Crippen molar-refractivity contribution in [3.05, 3.63) is 52.8 Å². The highest BCUT2D eigenvalue weighted by Gasteiger charge is 2.19. The zero-order chi connectivity index (χ0) is 16.8. The molecule has 3 nitrogen and oxygen atoms in total. The van der Waals surface area contributed by atoms with Crippen molar-refractivity contribution >= 4 is 27.7 Å². The number of aromatic nitrogens is 3. The van der Waals surface area contributed by atoms with Crippen LogP contribution in [-0.4, -0.2) is 14.8 Å². The Bertz CT molecular complexity index is 660. The van der Waals surface area contributed by atoms with E-state index < -0.39 is 0 Å². The molecule has 0 atom stereocenters. The van der Waals surface area contributed by atoms with E-state index in [1.807, 2.05) is 6.08 Å². The van der Waals surface area contributed by atoms with E-state index in [4.69, 9.17) is 0 Å². The summed E-state index contributed by atoms with van der Waals surface area (Å²) in [4.78, 5) is 0. The lowest BCUT2D eigenvalue weighted by Crippen LogP contribution is -2.13. The number of rotatable bonds is 7. The summed E-state index contributed by atoms with van der Waals surface area (Å²) in [5.74, 6) is 2.81. The van der Waals surface area contributed by atoms with Crippen LogP contribution in [0.25, 0.3) is 0 Å². The van der Waals surface area contributed by atoms with E-state index in [9.17, 15) is 0 Å². The Kier molecular flexibility index (Phi) is 6.55. The second kappa shape index (κ2) is 8.86. The van der Waals surface area contributed by atoms with E-state index in [0.29, 0.717) is 0 Å². The Morgan fingerprint density at radius 1 is 1.17 bits per heavy atom. The third-order valence-electron chi connectivity index (χ3n) is 4.58. The molecule has 2 aromatic rings. The summed E-state index contributed by atoms with van der Waals surface area (Å²) in [5.41, 5.74) is 1.30. The molecule has 0 aliphatic heterocycles. The van der Waals surface area contributed by atoms with Gasteiger partial charge in [-0.05, 0) is 23.6 Å². The molecule has 1 aromatic carbocycles. The van der Waals surface area contributed by atoms with E-state index in [1.165, 1.54) is 37.7 Å². The number of allylic oxidation sites excluding steroid dienone is 1. The Morgan fingerprint density at radius 2 is 1.92 bits per heavy atom. The molecular formula is C19H24BrN3S. The predicted octanol–water partition coefficient (Wildman–Crippen LogP) is 5.64. The van der Waals surface area contributed by atoms with E-state index in [2.05, 4.69) is 61.5 Å². The molecule has 0 spiro atoms. The van der Waals surface area contributed by atoms with Crippen molar-refractivity contribution in [3.8, 4) is 0 Å². The Hall–Kier alpha value is -1.07. The van der Waals surface area contributed by atoms with Crippen molar-refractivity contribution in [1.82, 2.24) is 14.8 Å². The maximum absolute atomic E-state index is 4.49. The molecule has 0 N–H and O–H groups in total. The van der Waals surface area contributed by atoms with Gasteiger partial charge < -0.3 is 4.57 Å². The van der Waals surface area contributed by atoms with Gasteiger partial charge in [-0.25, -0.2) is 0 Å². The highest BCUT2D eigenvalue weighted by Crippen LogP contribution is 2.28. The monoisotopic (exact) mass is 405 g/mol. The quantitative estimate of drug-likeness (QED) is 0.440. The zero-order valence-electron chi connectivity index (χ0n) is 14.0. The predicted molar refractivity (Wildman–Crippen MR) is 104 cm³/mol. The molecule has 24 heavy (non-hydrogen) atoms. The summed E-state index contributed by atoms with van der Waals surface area (Å²) in [7, 11) is 0. The number of hydrogen-bond donors (Lipinski definition) is 0. The fourth-order valence-corrected chi connectivity index (χ4v) is 4.45. The van der Waals surface area contributed by atoms with Gasteiger partial charge in [0.05, 0.1) is 0 Å². The molecule has 1 aromatic heterocycles. The summed E-state index contributed by atoms with van der Waals surface area (Å²) < 4.78 is 3.35. The largest absolute Gasteiger partial charge is 0.302 e. The second-order valence-electron chi connectivity index (χ2n) is 6.42. The van der Waals surface area contributed by atoms with Crippen molar-refractivity contribution in [2.24, 2.45) is 5.92 Å². The molecule has 1 heterocycles. The smallest absolute Gasteiger partial charge is 0.191 e. The van der Waals surface area contributed by atoms with Crippen molar-refractivity contribution in [2.45, 2.75) is 56.0 Å². The molecule has 1 fully saturated rings. The van der Waals surface area contributed by atoms with Crippen molar-refractivity contribution in [2.75, 3.05) is 0 Å². The lowest BCUT2D eigenvalue weighted by atomic mass is 9.87. The fourth-order valence-electron chi connectivity index (χ4n) is 3.27. The molecule has 0 radical (unpaired) electrons. The van der Waals surface area contributed by atoms with Crippen molar-refractivity contribution in [3.63, 3.8) is 0 Å². The molecule has 0 bridgehead atoms. The number of hydrogen-bond acceptors (Lipinski definition) is 3. The lowest BCUT2D eigenvalue weighted by molar-refractivity contribution is 0.347. The van der Waals surface area contributed by atoms with Gasteiger partial charge in [-0.15, -0.1) is 16.8 Å². The minimum atomic E-state index is 0.774. The van der Waals surface area contributed by atoms with Gasteiger partial charge in [-0.3, -0.25) is 0 Å². The van der Waals surface area contributed by atoms with Gasteiger partial charge in [0.2, 0.25) is 0 Å². The lowest BCUT2D eigenvalue weighted by Gasteiger charge is -2.21. The normalized spacial score (nSPS) is 15.5. The van der Waals surface area contributed by atoms with Crippen LogP contribution in [0.2, 0.25) is 0 Å². The van der Waals surface area contributed by atoms with E-state index in [1.54, 1.807) is 11.8 Å². The summed E-state index contributed by atoms with van der Waals surface area (Å²) in [5, 5.41) is 9.95. The average Bonchev–Trinajstić information content (AvgIpc) is 2.98. The first kappa shape index (κ1) is 17.7. The van der Waals surface area contributed by atoms with Crippen LogP contribution in [0.5, 0.6) is 0 Å². The standard InChI is InChI=1S/C19H24BrN3S/c1-2-12-23-18(13-15-6-4-3-5-7-15)21-22-19(23)24-14-16-8-10-17(20)11-9-16/h2,8-11,15H,1,3-7,12-14H2. The molecule has 1 aliphatic carbocycles. The molecular weight excluding hydrogens is 382 g/mol. The first-order valence-electron chi connectivity index (χ1n) is 8.66. The summed E-state index contributed by atoms with van der Waals surface area (Å²) in [6.45, 7) is 4.69. The van der Waals surface area contributed by atoms with Gasteiger partial charge in [0, 0.05) is 23.2 Å². The van der Waals surface area contributed by atoms with E-state index >= 15 is 0 Å². The Labute approximate surface area is 157 Å². The van der Waals surface area contributed by atoms with Crippen LogP contribution in [-0.2, 0) is 18.7 Å². The van der Waals surface area contributed by atoms with Crippen molar-refractivity contribution in [1.29, 1.82) is 0 Å². The van der Waals surface area contributed by atoms with Crippen LogP contribution in [0.4, 0.5) is 0 Å². The third kappa shape index (κ3) is 4.73. The van der Waals surface area contributed by atoms with Gasteiger partial charge in [0.15, 0.2) is 5.16 Å². The van der Waals surface area contributed by atoms with Gasteiger partial charge in [-0.1, -0.05) is 78.0 Å². The molecule has 0 saturated heterocycles. The topological polar surface area (TPSA) is 30.7 Å². The maximum atomic E-state index is 4.49. The zero-order valence-corrected chi connectivity index (χ0v) is 16.4. The van der Waals surface area contributed by atoms with Crippen LogP contribution in [0.15, 0.2) is 46.5 Å². The van der Waals surface area contributed by atoms with Gasteiger partial charge in [0.1, 0.15) is 5.82 Å². The summed E-state index contributed by atoms with van der Waals surface area (Å²) >= 11 is 5.23. The van der Waals surface area contributed by atoms with E-state index in [0.717, 1.165) is 40.1 Å². The number of thioether (sulfide) groups is 1. The van der Waals surface area contributed by atoms with E-state index in [-0.39, 0.29) is 0 Å². The van der Waals surface area contributed by atoms with Crippen LogP contribution < -0.4 is 0 Å². The molecule has 0 amide bonds. The van der Waals surface area contributed by atoms with Gasteiger partial charge in [0.25, 0.3) is 0 Å². The third-order valence-corrected chi connectivity index (χ3v) is 6.15. The van der Waals surface area contributed by atoms with Crippen LogP contribution >= 0.6 is 27.7 Å². The van der Waals surface area contributed by atoms with Crippen LogP contribution in [0.1, 0.15) is 43.5 Å². The summed E-state index contributed by atoms with van der Waals surface area (Å²) in [6.07, 6.45) is 9.79. The molecule has 3 rings (SSSR count). The van der Waals surface area contributed by atoms with Gasteiger partial charge in [-0.2, -0.15) is 0 Å². The highest BCUT2D eigenvalue weighted by atomic mass is 79.9. The maximum Gasteiger partial charge on any atom is 0.191 e. The number of benzene rings is 1. The average molecular weight is 406 g/mol. The first-order valence-corrected chi connectivity index (χ1v) is 10.4. The molecule has 0 unspecified atom stereocenters. The first-order chi connectivity index (χ1) is 11.8. The fraction of sp³-hybridized carbons (Fsp3) is 0.474. The molecule has 1 saturated carbocycles. The SMILES string of the molecule is C=CCn1c(CC2CCCCC2)nnc1SCc1ccc(Br)cc1. The second-order valence-corrected chi connectivity index (χ2v) is 8.28. The van der Waals surface area contributed by atoms with Crippen LogP contribution in [0.3, 0.4) is 0 Å².